The van der Waals surface area contributed by atoms with Crippen LogP contribution in [-0.4, -0.2) is 42.0 Å². The molecule has 0 unspecified atom stereocenters. The largest absolute Gasteiger partial charge is 0.398 e. The van der Waals surface area contributed by atoms with E-state index in [-0.39, 0.29) is 5.91 Å². The van der Waals surface area contributed by atoms with Crippen molar-refractivity contribution in [3.8, 4) is 0 Å². The van der Waals surface area contributed by atoms with Gasteiger partial charge in [0.2, 0.25) is 0 Å². The number of anilines is 1. The van der Waals surface area contributed by atoms with E-state index in [0.717, 1.165) is 30.5 Å². The van der Waals surface area contributed by atoms with Crippen molar-refractivity contribution in [2.75, 3.05) is 31.9 Å². The molecule has 0 atom stereocenters. The topological polar surface area (TPSA) is 71.2 Å². The highest BCUT2D eigenvalue weighted by Gasteiger charge is 2.13. The number of carbonyl (C=O) groups is 1. The first-order valence-corrected chi connectivity index (χ1v) is 7.40. The number of nitrogens with zero attached hydrogens (tertiary/aromatic N) is 2. The summed E-state index contributed by atoms with van der Waals surface area (Å²) in [5.74, 6) is -0.161. The number of nitrogens with one attached hydrogen (secondary N) is 1. The summed E-state index contributed by atoms with van der Waals surface area (Å²) in [7, 11) is 0. The van der Waals surface area contributed by atoms with Crippen molar-refractivity contribution >= 4 is 22.5 Å². The van der Waals surface area contributed by atoms with Gasteiger partial charge in [-0.2, -0.15) is 0 Å². The van der Waals surface area contributed by atoms with E-state index in [0.29, 0.717) is 17.9 Å². The van der Waals surface area contributed by atoms with E-state index < -0.39 is 0 Å². The molecule has 1 aromatic heterocycles. The molecule has 1 fully saturated rings. The normalized spacial score (nSPS) is 15.4. The molecule has 1 amide bonds. The summed E-state index contributed by atoms with van der Waals surface area (Å²) in [5.41, 5.74) is 7.72. The van der Waals surface area contributed by atoms with Crippen LogP contribution < -0.4 is 11.1 Å². The molecule has 1 aliphatic rings. The predicted molar refractivity (Wildman–Crippen MR) is 84.2 cm³/mol. The van der Waals surface area contributed by atoms with E-state index >= 15 is 0 Å². The van der Waals surface area contributed by atoms with Crippen LogP contribution in [0.25, 0.3) is 10.9 Å². The van der Waals surface area contributed by atoms with Crippen LogP contribution >= 0.6 is 0 Å². The molecule has 1 aliphatic heterocycles. The molecule has 0 saturated carbocycles. The smallest absolute Gasteiger partial charge is 0.270 e. The predicted octanol–water partition coefficient (Wildman–Crippen LogP) is 1.64. The van der Waals surface area contributed by atoms with Gasteiger partial charge in [0.05, 0.1) is 5.52 Å². The van der Waals surface area contributed by atoms with Gasteiger partial charge in [-0.1, -0.05) is 18.2 Å². The molecule has 110 valence electrons. The van der Waals surface area contributed by atoms with Gasteiger partial charge in [-0.25, -0.2) is 4.98 Å². The Kier molecular flexibility index (Phi) is 4.01. The molecule has 2 aromatic rings. The van der Waals surface area contributed by atoms with Gasteiger partial charge in [0.25, 0.3) is 5.91 Å². The summed E-state index contributed by atoms with van der Waals surface area (Å²) >= 11 is 0. The summed E-state index contributed by atoms with van der Waals surface area (Å²) in [6.45, 7) is 3.82. The molecule has 0 bridgehead atoms. The lowest BCUT2D eigenvalue weighted by Crippen LogP contribution is -2.33. The number of hydrogen-bond donors (Lipinski definition) is 2. The first-order valence-electron chi connectivity index (χ1n) is 7.40. The molecule has 5 nitrogen and oxygen atoms in total. The van der Waals surface area contributed by atoms with Crippen LogP contribution in [0.15, 0.2) is 30.3 Å². The van der Waals surface area contributed by atoms with Crippen molar-refractivity contribution in [1.29, 1.82) is 0 Å². The number of rotatable bonds is 4. The summed E-state index contributed by atoms with van der Waals surface area (Å²) in [6.07, 6.45) is 2.52. The fourth-order valence-corrected chi connectivity index (χ4v) is 2.74. The van der Waals surface area contributed by atoms with Crippen LogP contribution in [0.4, 0.5) is 5.69 Å². The second kappa shape index (κ2) is 6.10. The number of amides is 1. The molecule has 0 radical (unpaired) electrons. The average molecular weight is 284 g/mol. The third-order valence-electron chi connectivity index (χ3n) is 3.89. The van der Waals surface area contributed by atoms with E-state index in [1.807, 2.05) is 24.3 Å². The van der Waals surface area contributed by atoms with Gasteiger partial charge in [-0.05, 0) is 38.1 Å². The van der Waals surface area contributed by atoms with Crippen LogP contribution in [0.5, 0.6) is 0 Å². The molecule has 1 saturated heterocycles. The van der Waals surface area contributed by atoms with E-state index in [4.69, 9.17) is 5.73 Å². The summed E-state index contributed by atoms with van der Waals surface area (Å²) in [4.78, 5) is 18.9. The summed E-state index contributed by atoms with van der Waals surface area (Å²) in [5, 5.41) is 3.80. The Morgan fingerprint density at radius 1 is 1.29 bits per heavy atom. The van der Waals surface area contributed by atoms with E-state index in [1.165, 1.54) is 12.8 Å². The third-order valence-corrected chi connectivity index (χ3v) is 3.89. The number of nitrogen functional groups attached to an aromatic ring is 1. The van der Waals surface area contributed by atoms with E-state index in [2.05, 4.69) is 15.2 Å². The van der Waals surface area contributed by atoms with Gasteiger partial charge in [-0.3, -0.25) is 4.79 Å². The second-order valence-electron chi connectivity index (χ2n) is 5.42. The van der Waals surface area contributed by atoms with Crippen LogP contribution in [0.3, 0.4) is 0 Å². The lowest BCUT2D eigenvalue weighted by molar-refractivity contribution is 0.0945. The fourth-order valence-electron chi connectivity index (χ4n) is 2.74. The number of aromatic nitrogens is 1. The summed E-state index contributed by atoms with van der Waals surface area (Å²) in [6, 6.07) is 9.23. The number of benzene rings is 1. The first kappa shape index (κ1) is 13.8. The minimum absolute atomic E-state index is 0.161. The highest BCUT2D eigenvalue weighted by Crippen LogP contribution is 2.19. The Balaban J connectivity index is 1.66. The zero-order valence-corrected chi connectivity index (χ0v) is 12.0. The van der Waals surface area contributed by atoms with Crippen molar-refractivity contribution in [3.63, 3.8) is 0 Å². The Hall–Kier alpha value is -2.14. The maximum absolute atomic E-state index is 12.2. The van der Waals surface area contributed by atoms with Crippen molar-refractivity contribution < 1.29 is 4.79 Å². The molecule has 0 aliphatic carbocycles. The van der Waals surface area contributed by atoms with Crippen molar-refractivity contribution in [3.05, 3.63) is 36.0 Å². The lowest BCUT2D eigenvalue weighted by atomic mass is 10.1. The van der Waals surface area contributed by atoms with Gasteiger partial charge >= 0.3 is 0 Å². The number of nitrogens with two attached hydrogens (primary N) is 1. The highest BCUT2D eigenvalue weighted by molar-refractivity contribution is 5.99. The maximum atomic E-state index is 12.2. The highest BCUT2D eigenvalue weighted by atomic mass is 16.1. The van der Waals surface area contributed by atoms with Crippen molar-refractivity contribution in [2.45, 2.75) is 12.8 Å². The van der Waals surface area contributed by atoms with Crippen LogP contribution in [0.2, 0.25) is 0 Å². The Morgan fingerprint density at radius 3 is 2.86 bits per heavy atom. The first-order chi connectivity index (χ1) is 10.2. The zero-order valence-electron chi connectivity index (χ0n) is 12.0. The Bertz CT molecular complexity index is 650. The number of likely N-dealkylation sites (tertiary alicyclic amines) is 1. The van der Waals surface area contributed by atoms with Crippen LogP contribution in [0, 0.1) is 0 Å². The molecular weight excluding hydrogens is 264 g/mol. The zero-order chi connectivity index (χ0) is 14.7. The van der Waals surface area contributed by atoms with Crippen molar-refractivity contribution in [1.82, 2.24) is 15.2 Å². The number of hydrogen-bond acceptors (Lipinski definition) is 4. The number of para-hydroxylation sites is 1. The third kappa shape index (κ3) is 3.13. The Morgan fingerprint density at radius 2 is 2.05 bits per heavy atom. The summed E-state index contributed by atoms with van der Waals surface area (Å²) < 4.78 is 0. The standard InChI is InChI=1S/C16H20N4O/c17-13-11-15(19-14-6-2-1-5-12(13)14)16(21)18-7-10-20-8-3-4-9-20/h1-2,5-6,11H,3-4,7-10H2,(H2,17,19)(H,18,21). The Labute approximate surface area is 124 Å². The van der Waals surface area contributed by atoms with E-state index in [9.17, 15) is 4.79 Å². The van der Waals surface area contributed by atoms with Gasteiger partial charge in [0, 0.05) is 24.2 Å². The minimum Gasteiger partial charge on any atom is -0.398 e. The second-order valence-corrected chi connectivity index (χ2v) is 5.42. The van der Waals surface area contributed by atoms with Crippen LogP contribution in [-0.2, 0) is 0 Å². The van der Waals surface area contributed by atoms with Gasteiger partial charge < -0.3 is 16.0 Å². The van der Waals surface area contributed by atoms with Gasteiger partial charge in [-0.15, -0.1) is 0 Å². The monoisotopic (exact) mass is 284 g/mol. The number of carbonyl (C=O) groups excluding carboxylic acids is 1. The molecule has 3 N–H and O–H groups in total. The fraction of sp³-hybridized carbons (Fsp3) is 0.375. The molecule has 5 heteroatoms. The maximum Gasteiger partial charge on any atom is 0.270 e. The van der Waals surface area contributed by atoms with Gasteiger partial charge in [0.15, 0.2) is 0 Å². The quantitative estimate of drug-likeness (QED) is 0.895. The van der Waals surface area contributed by atoms with Crippen molar-refractivity contribution in [2.24, 2.45) is 0 Å². The van der Waals surface area contributed by atoms with Crippen LogP contribution in [0.1, 0.15) is 23.3 Å². The van der Waals surface area contributed by atoms with E-state index in [1.54, 1.807) is 6.07 Å². The van der Waals surface area contributed by atoms with Gasteiger partial charge in [0.1, 0.15) is 5.69 Å². The molecule has 0 spiro atoms. The molecule has 1 aromatic carbocycles. The molecule has 3 rings (SSSR count). The molecular formula is C16H20N4O. The molecule has 21 heavy (non-hydrogen) atoms. The molecule has 2 heterocycles. The number of fused-ring (bicyclic) bond motifs is 1. The SMILES string of the molecule is Nc1cc(C(=O)NCCN2CCCC2)nc2ccccc12. The number of pyridine rings is 1. The minimum atomic E-state index is -0.161. The lowest BCUT2D eigenvalue weighted by Gasteiger charge is -2.14. The average Bonchev–Trinajstić information content (AvgIpc) is 3.00.